The van der Waals surface area contributed by atoms with E-state index in [9.17, 15) is 4.79 Å². The predicted octanol–water partition coefficient (Wildman–Crippen LogP) is 1.47. The number of carbonyl (C=O) groups excluding carboxylic acids is 1. The normalized spacial score (nSPS) is 24.6. The van der Waals surface area contributed by atoms with Gasteiger partial charge in [0.1, 0.15) is 0 Å². The third-order valence-corrected chi connectivity index (χ3v) is 3.45. The topological polar surface area (TPSA) is 64.2 Å². The largest absolute Gasteiger partial charge is 0.331 e. The Balaban J connectivity index is 2.31. The van der Waals surface area contributed by atoms with Crippen LogP contribution in [0.15, 0.2) is 12.4 Å². The molecule has 5 heteroatoms. The van der Waals surface area contributed by atoms with Crippen molar-refractivity contribution in [3.05, 3.63) is 18.0 Å². The molecule has 1 saturated heterocycles. The number of hydrogen-bond donors (Lipinski definition) is 1. The molecule has 0 unspecified atom stereocenters. The Bertz CT molecular complexity index is 438. The second-order valence-electron chi connectivity index (χ2n) is 5.56. The maximum Gasteiger partial charge on any atom is 0.225 e. The Labute approximate surface area is 108 Å². The molecule has 0 spiro atoms. The Kier molecular flexibility index (Phi) is 3.43. The molecule has 100 valence electrons. The van der Waals surface area contributed by atoms with E-state index in [0.717, 1.165) is 5.56 Å². The van der Waals surface area contributed by atoms with Gasteiger partial charge >= 0.3 is 0 Å². The van der Waals surface area contributed by atoms with Crippen LogP contribution >= 0.6 is 0 Å². The van der Waals surface area contributed by atoms with E-state index in [-0.39, 0.29) is 24.0 Å². The van der Waals surface area contributed by atoms with Crippen LogP contribution < -0.4 is 5.73 Å². The smallest absolute Gasteiger partial charge is 0.225 e. The van der Waals surface area contributed by atoms with Crippen molar-refractivity contribution < 1.29 is 4.79 Å². The van der Waals surface area contributed by atoms with Crippen LogP contribution in [0.3, 0.4) is 0 Å². The molecule has 1 aliphatic heterocycles. The molecule has 2 heterocycles. The quantitative estimate of drug-likeness (QED) is 0.883. The standard InChI is InChI=1S/C13H22N4O/c1-8(2)16-7-10(6-15-16)13-11(14)5-12(18)17(13)9(3)4/h6-9,11,13H,5,14H2,1-4H3/t11-,13+/m0/s1. The highest BCUT2D eigenvalue weighted by Crippen LogP contribution is 2.33. The van der Waals surface area contributed by atoms with Crippen molar-refractivity contribution in [2.45, 2.75) is 58.3 Å². The van der Waals surface area contributed by atoms with Crippen molar-refractivity contribution in [2.75, 3.05) is 0 Å². The van der Waals surface area contributed by atoms with Crippen LogP contribution in [-0.2, 0) is 4.79 Å². The number of nitrogens with zero attached hydrogens (tertiary/aromatic N) is 3. The van der Waals surface area contributed by atoms with Gasteiger partial charge in [-0.15, -0.1) is 0 Å². The Hall–Kier alpha value is -1.36. The van der Waals surface area contributed by atoms with Crippen LogP contribution in [0, 0.1) is 0 Å². The lowest BCUT2D eigenvalue weighted by Gasteiger charge is -2.29. The summed E-state index contributed by atoms with van der Waals surface area (Å²) in [4.78, 5) is 13.9. The summed E-state index contributed by atoms with van der Waals surface area (Å²) in [5, 5.41) is 4.34. The van der Waals surface area contributed by atoms with Gasteiger partial charge in [-0.1, -0.05) is 0 Å². The van der Waals surface area contributed by atoms with Crippen molar-refractivity contribution in [3.8, 4) is 0 Å². The number of hydrogen-bond acceptors (Lipinski definition) is 3. The second-order valence-corrected chi connectivity index (χ2v) is 5.56. The molecule has 0 saturated carbocycles. The van der Waals surface area contributed by atoms with E-state index in [2.05, 4.69) is 18.9 Å². The van der Waals surface area contributed by atoms with Gasteiger partial charge in [0.05, 0.1) is 12.2 Å². The summed E-state index contributed by atoms with van der Waals surface area (Å²) in [6, 6.07) is 0.313. The highest BCUT2D eigenvalue weighted by Gasteiger charge is 2.40. The van der Waals surface area contributed by atoms with Crippen molar-refractivity contribution in [1.82, 2.24) is 14.7 Å². The number of nitrogens with two attached hydrogens (primary N) is 1. The number of carbonyl (C=O) groups is 1. The van der Waals surface area contributed by atoms with Gasteiger partial charge in [0.25, 0.3) is 0 Å². The lowest BCUT2D eigenvalue weighted by atomic mass is 10.0. The molecular formula is C13H22N4O. The van der Waals surface area contributed by atoms with Crippen LogP contribution in [0.1, 0.15) is 51.8 Å². The first-order valence-corrected chi connectivity index (χ1v) is 6.52. The molecule has 1 aliphatic rings. The number of likely N-dealkylation sites (tertiary alicyclic amines) is 1. The molecule has 0 bridgehead atoms. The molecule has 1 fully saturated rings. The number of aromatic nitrogens is 2. The average Bonchev–Trinajstić information content (AvgIpc) is 2.81. The maximum atomic E-state index is 12.0. The molecular weight excluding hydrogens is 228 g/mol. The van der Waals surface area contributed by atoms with Gasteiger partial charge in [0.15, 0.2) is 0 Å². The third kappa shape index (κ3) is 2.14. The minimum absolute atomic E-state index is 0.0370. The summed E-state index contributed by atoms with van der Waals surface area (Å²) >= 11 is 0. The summed E-state index contributed by atoms with van der Waals surface area (Å²) < 4.78 is 1.91. The lowest BCUT2D eigenvalue weighted by molar-refractivity contribution is -0.130. The third-order valence-electron chi connectivity index (χ3n) is 3.45. The average molecular weight is 250 g/mol. The fraction of sp³-hybridized carbons (Fsp3) is 0.692. The molecule has 2 atom stereocenters. The van der Waals surface area contributed by atoms with Crippen LogP contribution in [0.2, 0.25) is 0 Å². The summed E-state index contributed by atoms with van der Waals surface area (Å²) in [6.45, 7) is 8.21. The van der Waals surface area contributed by atoms with Crippen molar-refractivity contribution in [1.29, 1.82) is 0 Å². The zero-order chi connectivity index (χ0) is 13.4. The molecule has 1 aromatic rings. The van der Waals surface area contributed by atoms with Gasteiger partial charge in [-0.2, -0.15) is 5.10 Å². The molecule has 5 nitrogen and oxygen atoms in total. The summed E-state index contributed by atoms with van der Waals surface area (Å²) in [6.07, 6.45) is 4.26. The van der Waals surface area contributed by atoms with E-state index < -0.39 is 0 Å². The van der Waals surface area contributed by atoms with E-state index in [1.54, 1.807) is 0 Å². The fourth-order valence-corrected chi connectivity index (χ4v) is 2.58. The molecule has 0 aliphatic carbocycles. The minimum atomic E-state index is -0.135. The zero-order valence-electron chi connectivity index (χ0n) is 11.5. The molecule has 1 amide bonds. The Morgan fingerprint density at radius 2 is 2.00 bits per heavy atom. The number of rotatable bonds is 3. The predicted molar refractivity (Wildman–Crippen MR) is 69.9 cm³/mol. The van der Waals surface area contributed by atoms with Gasteiger partial charge in [-0.25, -0.2) is 0 Å². The van der Waals surface area contributed by atoms with E-state index in [1.165, 1.54) is 0 Å². The Morgan fingerprint density at radius 1 is 1.33 bits per heavy atom. The SMILES string of the molecule is CC(C)N1C(=O)C[C@H](N)[C@H]1c1cnn(C(C)C)c1. The zero-order valence-corrected chi connectivity index (χ0v) is 11.5. The molecule has 2 rings (SSSR count). The highest BCUT2D eigenvalue weighted by molar-refractivity contribution is 5.80. The molecule has 2 N–H and O–H groups in total. The molecule has 0 aromatic carbocycles. The van der Waals surface area contributed by atoms with Gasteiger partial charge in [-0.3, -0.25) is 9.48 Å². The molecule has 1 aromatic heterocycles. The lowest BCUT2D eigenvalue weighted by Crippen LogP contribution is -2.37. The molecule has 0 radical (unpaired) electrons. The van der Waals surface area contributed by atoms with E-state index in [1.807, 2.05) is 35.8 Å². The van der Waals surface area contributed by atoms with Crippen LogP contribution in [0.5, 0.6) is 0 Å². The van der Waals surface area contributed by atoms with Gasteiger partial charge in [0, 0.05) is 36.3 Å². The summed E-state index contributed by atoms with van der Waals surface area (Å²) in [5.74, 6) is 0.139. The van der Waals surface area contributed by atoms with Crippen molar-refractivity contribution in [2.24, 2.45) is 5.73 Å². The highest BCUT2D eigenvalue weighted by atomic mass is 16.2. The van der Waals surface area contributed by atoms with Gasteiger partial charge in [-0.05, 0) is 27.7 Å². The first-order valence-electron chi connectivity index (χ1n) is 6.52. The summed E-state index contributed by atoms with van der Waals surface area (Å²) in [5.41, 5.74) is 7.15. The van der Waals surface area contributed by atoms with Gasteiger partial charge in [0.2, 0.25) is 5.91 Å². The second kappa shape index (κ2) is 4.72. The first-order chi connectivity index (χ1) is 8.41. The fourth-order valence-electron chi connectivity index (χ4n) is 2.58. The van der Waals surface area contributed by atoms with E-state index in [0.29, 0.717) is 12.5 Å². The summed E-state index contributed by atoms with van der Waals surface area (Å²) in [7, 11) is 0. The first kappa shape index (κ1) is 13.1. The van der Waals surface area contributed by atoms with Crippen LogP contribution in [-0.4, -0.2) is 32.7 Å². The van der Waals surface area contributed by atoms with E-state index >= 15 is 0 Å². The van der Waals surface area contributed by atoms with Crippen molar-refractivity contribution in [3.63, 3.8) is 0 Å². The molecule has 18 heavy (non-hydrogen) atoms. The van der Waals surface area contributed by atoms with Crippen LogP contribution in [0.25, 0.3) is 0 Å². The number of amides is 1. The maximum absolute atomic E-state index is 12.0. The van der Waals surface area contributed by atoms with Crippen LogP contribution in [0.4, 0.5) is 0 Å². The minimum Gasteiger partial charge on any atom is -0.331 e. The monoisotopic (exact) mass is 250 g/mol. The Morgan fingerprint density at radius 3 is 2.50 bits per heavy atom. The van der Waals surface area contributed by atoms with Crippen molar-refractivity contribution >= 4 is 5.91 Å². The van der Waals surface area contributed by atoms with E-state index in [4.69, 9.17) is 5.73 Å². The van der Waals surface area contributed by atoms with Gasteiger partial charge < -0.3 is 10.6 Å².